The predicted octanol–water partition coefficient (Wildman–Crippen LogP) is 8.26. The minimum absolute atomic E-state index is 0.224. The summed E-state index contributed by atoms with van der Waals surface area (Å²) in [6.07, 6.45) is 2.65. The second-order valence-electron chi connectivity index (χ2n) is 9.12. The summed E-state index contributed by atoms with van der Waals surface area (Å²) < 4.78 is 21.0. The first kappa shape index (κ1) is 19.7. The minimum atomic E-state index is -0.224. The predicted molar refractivity (Wildman–Crippen MR) is 127 cm³/mol. The molecule has 0 aliphatic rings. The summed E-state index contributed by atoms with van der Waals surface area (Å²) in [5, 5.41) is 4.06. The monoisotopic (exact) mass is 411 g/mol. The maximum Gasteiger partial charge on any atom is 0.144 e. The Balaban J connectivity index is 1.88. The van der Waals surface area contributed by atoms with E-state index >= 15 is 0 Å². The van der Waals surface area contributed by atoms with Crippen LogP contribution in [0.25, 0.3) is 44.0 Å². The smallest absolute Gasteiger partial charge is 0.144 e. The molecule has 5 aromatic rings. The Kier molecular flexibility index (Phi) is 4.77. The summed E-state index contributed by atoms with van der Waals surface area (Å²) in [4.78, 5) is 4.73. The summed E-state index contributed by atoms with van der Waals surface area (Å²) in [7, 11) is 0. The molecule has 5 rings (SSSR count). The number of nitrogens with zero attached hydrogens (tertiary/aromatic N) is 1. The molecule has 31 heavy (non-hydrogen) atoms. The van der Waals surface area contributed by atoms with Crippen LogP contribution in [0.2, 0.25) is 0 Å². The van der Waals surface area contributed by atoms with Crippen molar-refractivity contribution in [1.29, 1.82) is 0 Å². The highest BCUT2D eigenvalue weighted by atomic mass is 19.1. The number of aromatic nitrogens is 1. The molecule has 0 N–H and O–H groups in total. The third-order valence-corrected chi connectivity index (χ3v) is 5.98. The van der Waals surface area contributed by atoms with E-state index in [4.69, 9.17) is 9.40 Å². The number of pyridine rings is 1. The fourth-order valence-electron chi connectivity index (χ4n) is 4.50. The van der Waals surface area contributed by atoms with Crippen molar-refractivity contribution in [1.82, 2.24) is 4.98 Å². The van der Waals surface area contributed by atoms with Gasteiger partial charge in [-0.2, -0.15) is 0 Å². The lowest BCUT2D eigenvalue weighted by Gasteiger charge is -2.14. The fourth-order valence-corrected chi connectivity index (χ4v) is 4.50. The highest BCUT2D eigenvalue weighted by Crippen LogP contribution is 2.40. The molecule has 0 saturated carbocycles. The number of benzene rings is 3. The van der Waals surface area contributed by atoms with E-state index in [1.807, 2.05) is 30.5 Å². The van der Waals surface area contributed by atoms with E-state index in [1.54, 1.807) is 12.1 Å². The zero-order chi connectivity index (χ0) is 21.7. The van der Waals surface area contributed by atoms with Crippen LogP contribution in [0, 0.1) is 11.7 Å². The van der Waals surface area contributed by atoms with Crippen molar-refractivity contribution in [2.45, 2.75) is 40.0 Å². The van der Waals surface area contributed by atoms with E-state index < -0.39 is 0 Å². The van der Waals surface area contributed by atoms with Crippen LogP contribution in [0.5, 0.6) is 0 Å². The summed E-state index contributed by atoms with van der Waals surface area (Å²) in [5.74, 6) is 0.561. The van der Waals surface area contributed by atoms with Crippen LogP contribution in [0.15, 0.2) is 65.2 Å². The third-order valence-electron chi connectivity index (χ3n) is 5.98. The van der Waals surface area contributed by atoms with Crippen molar-refractivity contribution in [3.8, 4) is 11.3 Å². The second-order valence-corrected chi connectivity index (χ2v) is 9.12. The molecular formula is C28H26FNO. The van der Waals surface area contributed by atoms with Crippen molar-refractivity contribution < 1.29 is 8.81 Å². The second kappa shape index (κ2) is 7.49. The van der Waals surface area contributed by atoms with Gasteiger partial charge >= 0.3 is 0 Å². The van der Waals surface area contributed by atoms with Crippen molar-refractivity contribution in [2.75, 3.05) is 0 Å². The van der Waals surface area contributed by atoms with Gasteiger partial charge in [0.1, 0.15) is 17.0 Å². The van der Waals surface area contributed by atoms with E-state index in [0.717, 1.165) is 56.0 Å². The molecule has 0 spiro atoms. The van der Waals surface area contributed by atoms with Gasteiger partial charge in [-0.3, -0.25) is 4.98 Å². The summed E-state index contributed by atoms with van der Waals surface area (Å²) in [5.41, 5.74) is 5.59. The van der Waals surface area contributed by atoms with E-state index in [1.165, 1.54) is 5.56 Å². The van der Waals surface area contributed by atoms with Gasteiger partial charge in [-0.05, 0) is 71.2 Å². The molecule has 0 unspecified atom stereocenters. The van der Waals surface area contributed by atoms with Crippen LogP contribution in [0.4, 0.5) is 4.39 Å². The first-order valence-electron chi connectivity index (χ1n) is 10.9. The van der Waals surface area contributed by atoms with E-state index in [9.17, 15) is 4.39 Å². The molecule has 3 heteroatoms. The van der Waals surface area contributed by atoms with Crippen molar-refractivity contribution >= 4 is 32.7 Å². The Hall–Kier alpha value is -3.20. The lowest BCUT2D eigenvalue weighted by molar-refractivity contribution is 0.616. The van der Waals surface area contributed by atoms with Gasteiger partial charge in [0.15, 0.2) is 0 Å². The van der Waals surface area contributed by atoms with Gasteiger partial charge in [0, 0.05) is 27.9 Å². The molecule has 0 fully saturated rings. The maximum atomic E-state index is 14.7. The molecule has 3 aromatic carbocycles. The number of halogens is 1. The Labute approximate surface area is 181 Å². The molecule has 2 aromatic heterocycles. The minimum Gasteiger partial charge on any atom is -0.455 e. The molecule has 0 bridgehead atoms. The van der Waals surface area contributed by atoms with Crippen LogP contribution >= 0.6 is 0 Å². The molecule has 2 heterocycles. The normalized spacial score (nSPS) is 12.1. The van der Waals surface area contributed by atoms with E-state index in [0.29, 0.717) is 11.8 Å². The van der Waals surface area contributed by atoms with Gasteiger partial charge in [0.2, 0.25) is 0 Å². The quantitative estimate of drug-likeness (QED) is 0.297. The molecule has 0 radical (unpaired) electrons. The van der Waals surface area contributed by atoms with Crippen LogP contribution in [-0.2, 0) is 6.42 Å². The SMILES string of the molecule is CC(C)Cc1cc(F)cc2c(-c3cc(C(C)C)cc4c3oc3ccccc34)nccc12. The van der Waals surface area contributed by atoms with Gasteiger partial charge in [0.25, 0.3) is 0 Å². The lowest BCUT2D eigenvalue weighted by atomic mass is 9.92. The van der Waals surface area contributed by atoms with Crippen molar-refractivity contribution in [3.63, 3.8) is 0 Å². The number of rotatable bonds is 4. The van der Waals surface area contributed by atoms with Gasteiger partial charge < -0.3 is 4.42 Å². The number of hydrogen-bond acceptors (Lipinski definition) is 2. The van der Waals surface area contributed by atoms with Gasteiger partial charge in [-0.15, -0.1) is 0 Å². The summed E-state index contributed by atoms with van der Waals surface area (Å²) in [6.45, 7) is 8.68. The van der Waals surface area contributed by atoms with E-state index in [2.05, 4.69) is 45.9 Å². The maximum absolute atomic E-state index is 14.7. The van der Waals surface area contributed by atoms with Crippen LogP contribution in [0.1, 0.15) is 44.7 Å². The summed E-state index contributed by atoms with van der Waals surface area (Å²) in [6, 6.07) is 17.7. The van der Waals surface area contributed by atoms with Crippen LogP contribution < -0.4 is 0 Å². The Morgan fingerprint density at radius 1 is 0.871 bits per heavy atom. The number of hydrogen-bond donors (Lipinski definition) is 0. The highest BCUT2D eigenvalue weighted by Gasteiger charge is 2.19. The average Bonchev–Trinajstić information content (AvgIpc) is 3.11. The fraction of sp³-hybridized carbons (Fsp3) is 0.250. The molecule has 156 valence electrons. The van der Waals surface area contributed by atoms with Crippen LogP contribution in [-0.4, -0.2) is 4.98 Å². The molecule has 0 amide bonds. The summed E-state index contributed by atoms with van der Waals surface area (Å²) >= 11 is 0. The average molecular weight is 412 g/mol. The van der Waals surface area contributed by atoms with Gasteiger partial charge in [0.05, 0.1) is 5.69 Å². The zero-order valence-electron chi connectivity index (χ0n) is 18.4. The number of furan rings is 1. The lowest BCUT2D eigenvalue weighted by Crippen LogP contribution is -1.98. The topological polar surface area (TPSA) is 26.0 Å². The number of fused-ring (bicyclic) bond motifs is 4. The molecule has 0 atom stereocenters. The third kappa shape index (κ3) is 3.38. The van der Waals surface area contributed by atoms with Gasteiger partial charge in [-0.25, -0.2) is 4.39 Å². The van der Waals surface area contributed by atoms with Gasteiger partial charge in [-0.1, -0.05) is 45.9 Å². The Morgan fingerprint density at radius 2 is 1.68 bits per heavy atom. The molecule has 0 aliphatic heterocycles. The van der Waals surface area contributed by atoms with Crippen molar-refractivity contribution in [2.24, 2.45) is 5.92 Å². The molecule has 0 aliphatic carbocycles. The Bertz CT molecular complexity index is 1430. The Morgan fingerprint density at radius 3 is 2.45 bits per heavy atom. The van der Waals surface area contributed by atoms with Crippen LogP contribution in [0.3, 0.4) is 0 Å². The first-order valence-corrected chi connectivity index (χ1v) is 10.9. The number of para-hydroxylation sites is 1. The van der Waals surface area contributed by atoms with E-state index in [-0.39, 0.29) is 5.82 Å². The highest BCUT2D eigenvalue weighted by molar-refractivity contribution is 6.12. The van der Waals surface area contributed by atoms with Crippen molar-refractivity contribution in [3.05, 3.63) is 77.7 Å². The first-order chi connectivity index (χ1) is 14.9. The zero-order valence-corrected chi connectivity index (χ0v) is 18.4. The molecule has 0 saturated heterocycles. The largest absolute Gasteiger partial charge is 0.455 e. The molecular weight excluding hydrogens is 385 g/mol. The standard InChI is InChI=1S/C28H26FNO/c1-16(2)11-19-12-20(29)15-23-21(19)9-10-30-27(23)25-14-18(17(3)4)13-24-22-7-5-6-8-26(22)31-28(24)25/h5-10,12-17H,11H2,1-4H3. The molecule has 2 nitrogen and oxygen atoms in total.